The number of aromatic hydroxyl groups is 1. The molecule has 0 atom stereocenters. The van der Waals surface area contributed by atoms with Crippen molar-refractivity contribution in [3.63, 3.8) is 0 Å². The van der Waals surface area contributed by atoms with Crippen molar-refractivity contribution in [3.8, 4) is 5.75 Å². The third-order valence-electron chi connectivity index (χ3n) is 2.69. The number of anilines is 1. The summed E-state index contributed by atoms with van der Waals surface area (Å²) in [5.41, 5.74) is 3.00. The molecule has 1 aromatic carbocycles. The van der Waals surface area contributed by atoms with Crippen molar-refractivity contribution in [2.45, 2.75) is 13.8 Å². The van der Waals surface area contributed by atoms with Crippen LogP contribution in [-0.4, -0.2) is 16.0 Å². The van der Waals surface area contributed by atoms with E-state index in [1.807, 2.05) is 32.0 Å². The first-order chi connectivity index (χ1) is 8.58. The van der Waals surface area contributed by atoms with Gasteiger partial charge in [0.1, 0.15) is 5.75 Å². The Morgan fingerprint density at radius 3 is 2.78 bits per heavy atom. The highest BCUT2D eigenvalue weighted by molar-refractivity contribution is 6.06. The van der Waals surface area contributed by atoms with Gasteiger partial charge in [0.25, 0.3) is 5.91 Å². The van der Waals surface area contributed by atoms with Crippen LogP contribution in [-0.2, 0) is 0 Å². The van der Waals surface area contributed by atoms with Crippen LogP contribution in [0.3, 0.4) is 0 Å². The number of rotatable bonds is 2. The second-order valence-electron chi connectivity index (χ2n) is 4.17. The number of hydrogen-bond donors (Lipinski definition) is 2. The zero-order chi connectivity index (χ0) is 13.1. The molecular weight excluding hydrogens is 228 g/mol. The first kappa shape index (κ1) is 12.1. The Hall–Kier alpha value is -2.36. The average Bonchev–Trinajstić information content (AvgIpc) is 2.34. The number of carbonyl (C=O) groups excluding carboxylic acids is 1. The first-order valence-electron chi connectivity index (χ1n) is 5.59. The fraction of sp³-hybridized carbons (Fsp3) is 0.143. The van der Waals surface area contributed by atoms with Crippen molar-refractivity contribution in [1.29, 1.82) is 0 Å². The van der Waals surface area contributed by atoms with Gasteiger partial charge in [0.2, 0.25) is 0 Å². The Kier molecular flexibility index (Phi) is 3.28. The van der Waals surface area contributed by atoms with E-state index in [4.69, 9.17) is 0 Å². The number of aromatic nitrogens is 1. The van der Waals surface area contributed by atoms with E-state index >= 15 is 0 Å². The number of hydrogen-bond acceptors (Lipinski definition) is 3. The van der Waals surface area contributed by atoms with Gasteiger partial charge in [-0.1, -0.05) is 12.1 Å². The Morgan fingerprint density at radius 1 is 1.28 bits per heavy atom. The van der Waals surface area contributed by atoms with Crippen LogP contribution in [0.25, 0.3) is 0 Å². The van der Waals surface area contributed by atoms with Crippen LogP contribution in [0.4, 0.5) is 5.69 Å². The minimum absolute atomic E-state index is 0.125. The SMILES string of the molecule is Cc1ccc(C)c(NC(=O)c2ccncc2O)c1. The van der Waals surface area contributed by atoms with E-state index in [-0.39, 0.29) is 17.2 Å². The van der Waals surface area contributed by atoms with E-state index < -0.39 is 0 Å². The predicted octanol–water partition coefficient (Wildman–Crippen LogP) is 2.66. The van der Waals surface area contributed by atoms with Crippen molar-refractivity contribution >= 4 is 11.6 Å². The molecule has 0 aliphatic rings. The molecular formula is C14H14N2O2. The molecule has 92 valence electrons. The summed E-state index contributed by atoms with van der Waals surface area (Å²) in [6, 6.07) is 7.30. The van der Waals surface area contributed by atoms with Gasteiger partial charge < -0.3 is 10.4 Å². The van der Waals surface area contributed by atoms with Gasteiger partial charge in [-0.25, -0.2) is 0 Å². The fourth-order valence-electron chi connectivity index (χ4n) is 1.64. The minimum Gasteiger partial charge on any atom is -0.505 e. The van der Waals surface area contributed by atoms with Crippen LogP contribution in [0, 0.1) is 13.8 Å². The molecule has 0 saturated carbocycles. The van der Waals surface area contributed by atoms with Gasteiger partial charge in [-0.2, -0.15) is 0 Å². The molecule has 0 radical (unpaired) electrons. The largest absolute Gasteiger partial charge is 0.505 e. The van der Waals surface area contributed by atoms with Crippen LogP contribution in [0.2, 0.25) is 0 Å². The molecule has 0 spiro atoms. The van der Waals surface area contributed by atoms with Crippen molar-refractivity contribution in [2.24, 2.45) is 0 Å². The van der Waals surface area contributed by atoms with Gasteiger partial charge in [0.05, 0.1) is 11.8 Å². The smallest absolute Gasteiger partial charge is 0.259 e. The van der Waals surface area contributed by atoms with Gasteiger partial charge in [0, 0.05) is 11.9 Å². The molecule has 0 fully saturated rings. The summed E-state index contributed by atoms with van der Waals surface area (Å²) in [5.74, 6) is -0.469. The van der Waals surface area contributed by atoms with Gasteiger partial charge in [-0.05, 0) is 37.1 Å². The third-order valence-corrected chi connectivity index (χ3v) is 2.69. The van der Waals surface area contributed by atoms with Crippen LogP contribution < -0.4 is 5.32 Å². The van der Waals surface area contributed by atoms with E-state index in [2.05, 4.69) is 10.3 Å². The highest BCUT2D eigenvalue weighted by Crippen LogP contribution is 2.20. The van der Waals surface area contributed by atoms with Crippen molar-refractivity contribution in [1.82, 2.24) is 4.98 Å². The highest BCUT2D eigenvalue weighted by atomic mass is 16.3. The van der Waals surface area contributed by atoms with Crippen LogP contribution in [0.1, 0.15) is 21.5 Å². The molecule has 0 aliphatic heterocycles. The lowest BCUT2D eigenvalue weighted by Gasteiger charge is -2.09. The summed E-state index contributed by atoms with van der Waals surface area (Å²) < 4.78 is 0. The molecule has 1 aromatic heterocycles. The Bertz CT molecular complexity index is 594. The van der Waals surface area contributed by atoms with Gasteiger partial charge in [-0.15, -0.1) is 0 Å². The number of amides is 1. The maximum Gasteiger partial charge on any atom is 0.259 e. The van der Waals surface area contributed by atoms with E-state index in [9.17, 15) is 9.90 Å². The number of carbonyl (C=O) groups is 1. The summed E-state index contributed by atoms with van der Waals surface area (Å²) in [4.78, 5) is 15.7. The topological polar surface area (TPSA) is 62.2 Å². The van der Waals surface area contributed by atoms with Crippen LogP contribution in [0.15, 0.2) is 36.7 Å². The summed E-state index contributed by atoms with van der Waals surface area (Å²) in [5, 5.41) is 12.3. The molecule has 0 unspecified atom stereocenters. The third kappa shape index (κ3) is 2.48. The second kappa shape index (κ2) is 4.87. The quantitative estimate of drug-likeness (QED) is 0.851. The lowest BCUT2D eigenvalue weighted by Crippen LogP contribution is -2.13. The van der Waals surface area contributed by atoms with Crippen LogP contribution >= 0.6 is 0 Å². The monoisotopic (exact) mass is 242 g/mol. The maximum atomic E-state index is 12.0. The predicted molar refractivity (Wildman–Crippen MR) is 69.8 cm³/mol. The molecule has 1 amide bonds. The van der Waals surface area contributed by atoms with E-state index in [0.29, 0.717) is 0 Å². The van der Waals surface area contributed by atoms with Gasteiger partial charge >= 0.3 is 0 Å². The number of aryl methyl sites for hydroxylation is 2. The summed E-state index contributed by atoms with van der Waals surface area (Å²) in [6.45, 7) is 3.88. The molecule has 0 bridgehead atoms. The van der Waals surface area contributed by atoms with E-state index in [1.54, 1.807) is 0 Å². The summed E-state index contributed by atoms with van der Waals surface area (Å²) in [7, 11) is 0. The number of nitrogens with one attached hydrogen (secondary N) is 1. The minimum atomic E-state index is -0.344. The van der Waals surface area contributed by atoms with Crippen molar-refractivity contribution in [3.05, 3.63) is 53.3 Å². The molecule has 2 N–H and O–H groups in total. The zero-order valence-corrected chi connectivity index (χ0v) is 10.3. The normalized spacial score (nSPS) is 10.1. The molecule has 1 heterocycles. The Labute approximate surface area is 105 Å². The zero-order valence-electron chi connectivity index (χ0n) is 10.3. The Morgan fingerprint density at radius 2 is 2.06 bits per heavy atom. The molecule has 2 aromatic rings. The van der Waals surface area contributed by atoms with Gasteiger partial charge in [0.15, 0.2) is 0 Å². The van der Waals surface area contributed by atoms with Crippen LogP contribution in [0.5, 0.6) is 5.75 Å². The Balaban J connectivity index is 2.27. The average molecular weight is 242 g/mol. The standard InChI is InChI=1S/C14H14N2O2/c1-9-3-4-10(2)12(7-9)16-14(18)11-5-6-15-8-13(11)17/h3-8,17H,1-2H3,(H,16,18). The molecule has 0 saturated heterocycles. The molecule has 2 rings (SSSR count). The molecule has 4 nitrogen and oxygen atoms in total. The maximum absolute atomic E-state index is 12.0. The first-order valence-corrected chi connectivity index (χ1v) is 5.59. The lowest BCUT2D eigenvalue weighted by molar-refractivity contribution is 0.102. The molecule has 4 heteroatoms. The second-order valence-corrected chi connectivity index (χ2v) is 4.17. The van der Waals surface area contributed by atoms with Gasteiger partial charge in [-0.3, -0.25) is 9.78 Å². The fourth-order valence-corrected chi connectivity index (χ4v) is 1.64. The molecule has 0 aliphatic carbocycles. The van der Waals surface area contributed by atoms with E-state index in [0.717, 1.165) is 16.8 Å². The van der Waals surface area contributed by atoms with E-state index in [1.165, 1.54) is 18.5 Å². The highest BCUT2D eigenvalue weighted by Gasteiger charge is 2.11. The van der Waals surface area contributed by atoms with Crippen molar-refractivity contribution in [2.75, 3.05) is 5.32 Å². The lowest BCUT2D eigenvalue weighted by atomic mass is 10.1. The summed E-state index contributed by atoms with van der Waals surface area (Å²) >= 11 is 0. The van der Waals surface area contributed by atoms with Crippen molar-refractivity contribution < 1.29 is 9.90 Å². The summed E-state index contributed by atoms with van der Waals surface area (Å²) in [6.07, 6.45) is 2.72. The number of nitrogens with zero attached hydrogens (tertiary/aromatic N) is 1. The number of benzene rings is 1. The molecule has 18 heavy (non-hydrogen) atoms. The number of pyridine rings is 1.